The van der Waals surface area contributed by atoms with Crippen molar-refractivity contribution < 1.29 is 4.79 Å². The Balaban J connectivity index is 2.15. The van der Waals surface area contributed by atoms with Gasteiger partial charge in [0, 0.05) is 25.4 Å². The minimum atomic E-state index is 0.214. The van der Waals surface area contributed by atoms with Gasteiger partial charge in [0.25, 0.3) is 0 Å². The highest BCUT2D eigenvalue weighted by atomic mass is 35.5. The lowest BCUT2D eigenvalue weighted by atomic mass is 9.98. The van der Waals surface area contributed by atoms with E-state index in [0.717, 1.165) is 25.1 Å². The van der Waals surface area contributed by atoms with Crippen LogP contribution in [0, 0.1) is 0 Å². The molecule has 1 saturated heterocycles. The molecule has 0 radical (unpaired) electrons. The topological polar surface area (TPSA) is 20.3 Å². The maximum Gasteiger partial charge on any atom is 0.222 e. The Kier molecular flexibility index (Phi) is 3.95. The second kappa shape index (κ2) is 5.28. The Morgan fingerprint density at radius 3 is 2.94 bits per heavy atom. The Morgan fingerprint density at radius 2 is 2.24 bits per heavy atom. The van der Waals surface area contributed by atoms with Crippen LogP contribution in [0.15, 0.2) is 18.2 Å². The lowest BCUT2D eigenvalue weighted by Gasteiger charge is -2.16. The van der Waals surface area contributed by atoms with Gasteiger partial charge in [-0.2, -0.15) is 0 Å². The SMILES string of the molecule is CCC(=O)N1CCC(c2cccc(Cl)c2Cl)C1. The summed E-state index contributed by atoms with van der Waals surface area (Å²) >= 11 is 12.2. The summed E-state index contributed by atoms with van der Waals surface area (Å²) in [6.07, 6.45) is 1.53. The van der Waals surface area contributed by atoms with E-state index in [4.69, 9.17) is 23.2 Å². The largest absolute Gasteiger partial charge is 0.342 e. The number of carbonyl (C=O) groups excluding carboxylic acids is 1. The summed E-state index contributed by atoms with van der Waals surface area (Å²) in [4.78, 5) is 13.5. The lowest BCUT2D eigenvalue weighted by molar-refractivity contribution is -0.129. The summed E-state index contributed by atoms with van der Waals surface area (Å²) in [6, 6.07) is 5.70. The molecule has 0 bridgehead atoms. The van der Waals surface area contributed by atoms with Gasteiger partial charge in [-0.1, -0.05) is 42.3 Å². The molecule has 0 N–H and O–H groups in total. The van der Waals surface area contributed by atoms with Gasteiger partial charge in [-0.05, 0) is 18.1 Å². The maximum atomic E-state index is 11.6. The van der Waals surface area contributed by atoms with Crippen molar-refractivity contribution in [2.75, 3.05) is 13.1 Å². The third-order valence-electron chi connectivity index (χ3n) is 3.26. The van der Waals surface area contributed by atoms with E-state index < -0.39 is 0 Å². The third-order valence-corrected chi connectivity index (χ3v) is 4.10. The molecule has 1 aliphatic heterocycles. The van der Waals surface area contributed by atoms with Gasteiger partial charge in [-0.15, -0.1) is 0 Å². The van der Waals surface area contributed by atoms with Crippen molar-refractivity contribution in [3.8, 4) is 0 Å². The summed E-state index contributed by atoms with van der Waals surface area (Å²) in [6.45, 7) is 3.47. The first-order valence-electron chi connectivity index (χ1n) is 5.85. The smallest absolute Gasteiger partial charge is 0.222 e. The number of likely N-dealkylation sites (tertiary alicyclic amines) is 1. The number of carbonyl (C=O) groups is 1. The second-order valence-corrected chi connectivity index (χ2v) is 5.11. The van der Waals surface area contributed by atoms with Gasteiger partial charge >= 0.3 is 0 Å². The molecule has 1 aromatic carbocycles. The monoisotopic (exact) mass is 271 g/mol. The minimum absolute atomic E-state index is 0.214. The van der Waals surface area contributed by atoms with Crippen LogP contribution in [0.3, 0.4) is 0 Å². The Labute approximate surface area is 112 Å². The zero-order chi connectivity index (χ0) is 12.4. The number of hydrogen-bond acceptors (Lipinski definition) is 1. The second-order valence-electron chi connectivity index (χ2n) is 4.32. The normalized spacial score (nSPS) is 19.7. The molecule has 1 atom stereocenters. The third kappa shape index (κ3) is 2.58. The van der Waals surface area contributed by atoms with Crippen molar-refractivity contribution in [3.05, 3.63) is 33.8 Å². The highest BCUT2D eigenvalue weighted by molar-refractivity contribution is 6.42. The summed E-state index contributed by atoms with van der Waals surface area (Å²) in [5.41, 5.74) is 1.06. The van der Waals surface area contributed by atoms with Crippen LogP contribution in [0.1, 0.15) is 31.2 Å². The molecule has 1 aliphatic rings. The van der Waals surface area contributed by atoms with Crippen LogP contribution in [-0.4, -0.2) is 23.9 Å². The number of rotatable bonds is 2. The van der Waals surface area contributed by atoms with E-state index >= 15 is 0 Å². The van der Waals surface area contributed by atoms with E-state index in [0.29, 0.717) is 22.4 Å². The standard InChI is InChI=1S/C13H15Cl2NO/c1-2-12(17)16-7-6-9(8-16)10-4-3-5-11(14)13(10)15/h3-5,9H,2,6-8H2,1H3. The number of amides is 1. The first-order chi connectivity index (χ1) is 8.13. The fourth-order valence-corrected chi connectivity index (χ4v) is 2.76. The van der Waals surface area contributed by atoms with Crippen molar-refractivity contribution in [3.63, 3.8) is 0 Å². The molecule has 1 aromatic rings. The fourth-order valence-electron chi connectivity index (χ4n) is 2.30. The summed E-state index contributed by atoms with van der Waals surface area (Å²) < 4.78 is 0. The Morgan fingerprint density at radius 1 is 1.47 bits per heavy atom. The molecule has 2 rings (SSSR count). The molecule has 0 aromatic heterocycles. The maximum absolute atomic E-state index is 11.6. The lowest BCUT2D eigenvalue weighted by Crippen LogP contribution is -2.27. The molecule has 1 heterocycles. The fraction of sp³-hybridized carbons (Fsp3) is 0.462. The van der Waals surface area contributed by atoms with Crippen LogP contribution in [0.2, 0.25) is 10.0 Å². The van der Waals surface area contributed by atoms with E-state index in [9.17, 15) is 4.79 Å². The molecule has 1 amide bonds. The number of hydrogen-bond donors (Lipinski definition) is 0. The molecule has 2 nitrogen and oxygen atoms in total. The quantitative estimate of drug-likeness (QED) is 0.803. The van der Waals surface area contributed by atoms with E-state index in [2.05, 4.69) is 0 Å². The van der Waals surface area contributed by atoms with Gasteiger partial charge in [-0.3, -0.25) is 4.79 Å². The van der Waals surface area contributed by atoms with E-state index in [1.807, 2.05) is 24.0 Å². The van der Waals surface area contributed by atoms with Crippen LogP contribution in [0.25, 0.3) is 0 Å². The van der Waals surface area contributed by atoms with E-state index in [-0.39, 0.29) is 5.91 Å². The Hall–Kier alpha value is -0.730. The van der Waals surface area contributed by atoms with Gasteiger partial charge < -0.3 is 4.90 Å². The van der Waals surface area contributed by atoms with Crippen molar-refractivity contribution in [1.82, 2.24) is 4.90 Å². The van der Waals surface area contributed by atoms with Crippen molar-refractivity contribution in [1.29, 1.82) is 0 Å². The highest BCUT2D eigenvalue weighted by Gasteiger charge is 2.27. The van der Waals surface area contributed by atoms with Crippen LogP contribution < -0.4 is 0 Å². The molecule has 0 aliphatic carbocycles. The number of benzene rings is 1. The van der Waals surface area contributed by atoms with Gasteiger partial charge in [0.1, 0.15) is 0 Å². The summed E-state index contributed by atoms with van der Waals surface area (Å²) in [5, 5.41) is 1.22. The minimum Gasteiger partial charge on any atom is -0.342 e. The first kappa shape index (κ1) is 12.7. The molecule has 0 spiro atoms. The molecule has 1 fully saturated rings. The predicted molar refractivity (Wildman–Crippen MR) is 70.7 cm³/mol. The van der Waals surface area contributed by atoms with Crippen LogP contribution in [0.5, 0.6) is 0 Å². The van der Waals surface area contributed by atoms with Crippen LogP contribution in [0.4, 0.5) is 0 Å². The first-order valence-corrected chi connectivity index (χ1v) is 6.60. The molecule has 0 saturated carbocycles. The van der Waals surface area contributed by atoms with Gasteiger partial charge in [-0.25, -0.2) is 0 Å². The van der Waals surface area contributed by atoms with Gasteiger partial charge in [0.15, 0.2) is 0 Å². The van der Waals surface area contributed by atoms with Gasteiger partial charge in [0.2, 0.25) is 5.91 Å². The zero-order valence-corrected chi connectivity index (χ0v) is 11.3. The van der Waals surface area contributed by atoms with Crippen LogP contribution >= 0.6 is 23.2 Å². The average Bonchev–Trinajstić information content (AvgIpc) is 2.81. The molecular weight excluding hydrogens is 257 g/mol. The van der Waals surface area contributed by atoms with E-state index in [1.54, 1.807) is 6.07 Å². The van der Waals surface area contributed by atoms with Crippen LogP contribution in [-0.2, 0) is 4.79 Å². The molecule has 17 heavy (non-hydrogen) atoms. The highest BCUT2D eigenvalue weighted by Crippen LogP contribution is 2.35. The zero-order valence-electron chi connectivity index (χ0n) is 9.75. The van der Waals surface area contributed by atoms with Crippen molar-refractivity contribution in [2.24, 2.45) is 0 Å². The predicted octanol–water partition coefficient (Wildman–Crippen LogP) is 3.72. The van der Waals surface area contributed by atoms with E-state index in [1.165, 1.54) is 0 Å². The van der Waals surface area contributed by atoms with Crippen molar-refractivity contribution in [2.45, 2.75) is 25.7 Å². The van der Waals surface area contributed by atoms with Gasteiger partial charge in [0.05, 0.1) is 10.0 Å². The summed E-state index contributed by atoms with van der Waals surface area (Å²) in [7, 11) is 0. The molecule has 1 unspecified atom stereocenters. The number of halogens is 2. The Bertz CT molecular complexity index is 433. The summed E-state index contributed by atoms with van der Waals surface area (Å²) in [5.74, 6) is 0.530. The molecule has 92 valence electrons. The average molecular weight is 272 g/mol. The van der Waals surface area contributed by atoms with Crippen molar-refractivity contribution >= 4 is 29.1 Å². The number of nitrogens with zero attached hydrogens (tertiary/aromatic N) is 1. The molecular formula is C13H15Cl2NO. The molecule has 4 heteroatoms.